The zero-order valence-electron chi connectivity index (χ0n) is 12.9. The third-order valence-electron chi connectivity index (χ3n) is 3.54. The Morgan fingerprint density at radius 1 is 1.40 bits per heavy atom. The van der Waals surface area contributed by atoms with Crippen molar-refractivity contribution in [3.05, 3.63) is 29.3 Å². The summed E-state index contributed by atoms with van der Waals surface area (Å²) in [6.07, 6.45) is 0.982. The Hall–Kier alpha value is -1.57. The molecule has 4 nitrogen and oxygen atoms in total. The predicted octanol–water partition coefficient (Wildman–Crippen LogP) is 2.37. The molecular formula is C16H25N3O. The van der Waals surface area contributed by atoms with Crippen molar-refractivity contribution in [2.75, 3.05) is 20.7 Å². The summed E-state index contributed by atoms with van der Waals surface area (Å²) in [7, 11) is 3.65. The molecule has 20 heavy (non-hydrogen) atoms. The van der Waals surface area contributed by atoms with Crippen LogP contribution >= 0.6 is 0 Å². The standard InChI is InChI=1S/C16H25N3O/c1-12(2)15(18)7-8-19(3)11-13-5-6-16(20-4)14(9-13)10-17/h5-6,9,12,15H,7-8,11,18H2,1-4H3. The van der Waals surface area contributed by atoms with Gasteiger partial charge in [0, 0.05) is 12.6 Å². The number of benzene rings is 1. The second kappa shape index (κ2) is 7.88. The van der Waals surface area contributed by atoms with Gasteiger partial charge in [-0.05, 0) is 43.6 Å². The van der Waals surface area contributed by atoms with E-state index in [-0.39, 0.29) is 6.04 Å². The second-order valence-corrected chi connectivity index (χ2v) is 5.58. The minimum absolute atomic E-state index is 0.239. The summed E-state index contributed by atoms with van der Waals surface area (Å²) in [5.74, 6) is 1.13. The van der Waals surface area contributed by atoms with Crippen LogP contribution in [-0.4, -0.2) is 31.6 Å². The largest absolute Gasteiger partial charge is 0.495 e. The minimum atomic E-state index is 0.239. The Bertz CT molecular complexity index is 465. The highest BCUT2D eigenvalue weighted by Crippen LogP contribution is 2.19. The van der Waals surface area contributed by atoms with Crippen LogP contribution in [0.4, 0.5) is 0 Å². The molecule has 0 saturated carbocycles. The van der Waals surface area contributed by atoms with Crippen LogP contribution in [0.25, 0.3) is 0 Å². The Morgan fingerprint density at radius 2 is 2.10 bits per heavy atom. The number of hydrogen-bond acceptors (Lipinski definition) is 4. The van der Waals surface area contributed by atoms with E-state index in [9.17, 15) is 0 Å². The first-order chi connectivity index (χ1) is 9.47. The molecule has 110 valence electrons. The summed E-state index contributed by atoms with van der Waals surface area (Å²) in [5.41, 5.74) is 7.75. The highest BCUT2D eigenvalue weighted by Gasteiger charge is 2.10. The highest BCUT2D eigenvalue weighted by atomic mass is 16.5. The van der Waals surface area contributed by atoms with Gasteiger partial charge in [0.2, 0.25) is 0 Å². The molecule has 0 spiro atoms. The summed E-state index contributed by atoms with van der Waals surface area (Å²) >= 11 is 0. The third kappa shape index (κ3) is 4.84. The number of methoxy groups -OCH3 is 1. The average molecular weight is 275 g/mol. The predicted molar refractivity (Wildman–Crippen MR) is 81.5 cm³/mol. The maximum absolute atomic E-state index is 9.09. The lowest BCUT2D eigenvalue weighted by Crippen LogP contribution is -2.31. The first kappa shape index (κ1) is 16.5. The molecular weight excluding hydrogens is 250 g/mol. The lowest BCUT2D eigenvalue weighted by atomic mass is 10.0. The number of rotatable bonds is 7. The van der Waals surface area contributed by atoms with Crippen molar-refractivity contribution in [2.45, 2.75) is 32.9 Å². The van der Waals surface area contributed by atoms with Crippen molar-refractivity contribution in [2.24, 2.45) is 11.7 Å². The minimum Gasteiger partial charge on any atom is -0.495 e. The van der Waals surface area contributed by atoms with E-state index in [1.165, 1.54) is 0 Å². The summed E-state index contributed by atoms with van der Waals surface area (Å²) in [4.78, 5) is 2.23. The molecule has 0 heterocycles. The van der Waals surface area contributed by atoms with E-state index in [4.69, 9.17) is 15.7 Å². The summed E-state index contributed by atoms with van der Waals surface area (Å²) < 4.78 is 5.15. The number of nitriles is 1. The van der Waals surface area contributed by atoms with Gasteiger partial charge in [-0.1, -0.05) is 19.9 Å². The van der Waals surface area contributed by atoms with E-state index in [0.29, 0.717) is 17.2 Å². The number of hydrogen-bond donors (Lipinski definition) is 1. The molecule has 0 aliphatic carbocycles. The zero-order chi connectivity index (χ0) is 15.1. The van der Waals surface area contributed by atoms with Crippen molar-refractivity contribution in [3.8, 4) is 11.8 Å². The molecule has 1 unspecified atom stereocenters. The normalized spacial score (nSPS) is 12.5. The lowest BCUT2D eigenvalue weighted by molar-refractivity contribution is 0.296. The highest BCUT2D eigenvalue weighted by molar-refractivity contribution is 5.45. The quantitative estimate of drug-likeness (QED) is 0.830. The molecule has 1 aromatic carbocycles. The van der Waals surface area contributed by atoms with Crippen LogP contribution < -0.4 is 10.5 Å². The van der Waals surface area contributed by atoms with Crippen LogP contribution in [0, 0.1) is 17.2 Å². The van der Waals surface area contributed by atoms with Crippen LogP contribution in [0.5, 0.6) is 5.75 Å². The van der Waals surface area contributed by atoms with Gasteiger partial charge in [-0.15, -0.1) is 0 Å². The van der Waals surface area contributed by atoms with Crippen LogP contribution in [0.3, 0.4) is 0 Å². The first-order valence-electron chi connectivity index (χ1n) is 6.99. The fourth-order valence-corrected chi connectivity index (χ4v) is 2.03. The van der Waals surface area contributed by atoms with Gasteiger partial charge >= 0.3 is 0 Å². The van der Waals surface area contributed by atoms with Gasteiger partial charge in [-0.25, -0.2) is 0 Å². The van der Waals surface area contributed by atoms with Crippen LogP contribution in [0.15, 0.2) is 18.2 Å². The van der Waals surface area contributed by atoms with Gasteiger partial charge in [0.1, 0.15) is 11.8 Å². The van der Waals surface area contributed by atoms with Gasteiger partial charge in [0.05, 0.1) is 12.7 Å². The van der Waals surface area contributed by atoms with E-state index in [0.717, 1.165) is 25.1 Å². The zero-order valence-corrected chi connectivity index (χ0v) is 12.9. The first-order valence-corrected chi connectivity index (χ1v) is 6.99. The van der Waals surface area contributed by atoms with E-state index in [2.05, 4.69) is 31.9 Å². The van der Waals surface area contributed by atoms with Gasteiger partial charge in [-0.2, -0.15) is 5.26 Å². The Kier molecular flexibility index (Phi) is 6.50. The Labute approximate surface area is 122 Å². The maximum Gasteiger partial charge on any atom is 0.136 e. The number of nitrogens with two attached hydrogens (primary N) is 1. The Morgan fingerprint density at radius 3 is 2.65 bits per heavy atom. The topological polar surface area (TPSA) is 62.3 Å². The van der Waals surface area contributed by atoms with Crippen LogP contribution in [-0.2, 0) is 6.54 Å². The summed E-state index contributed by atoms with van der Waals surface area (Å²) in [6, 6.07) is 8.13. The van der Waals surface area contributed by atoms with Gasteiger partial charge in [0.25, 0.3) is 0 Å². The fourth-order valence-electron chi connectivity index (χ4n) is 2.03. The molecule has 0 aliphatic rings. The van der Waals surface area contributed by atoms with E-state index in [1.54, 1.807) is 7.11 Å². The molecule has 0 amide bonds. The van der Waals surface area contributed by atoms with Gasteiger partial charge in [0.15, 0.2) is 0 Å². The molecule has 0 saturated heterocycles. The molecule has 0 fully saturated rings. The van der Waals surface area contributed by atoms with E-state index >= 15 is 0 Å². The van der Waals surface area contributed by atoms with E-state index < -0.39 is 0 Å². The molecule has 4 heteroatoms. The lowest BCUT2D eigenvalue weighted by Gasteiger charge is -2.21. The summed E-state index contributed by atoms with van der Waals surface area (Å²) in [6.45, 7) is 6.05. The van der Waals surface area contributed by atoms with Crippen molar-refractivity contribution < 1.29 is 4.74 Å². The van der Waals surface area contributed by atoms with Crippen LogP contribution in [0.2, 0.25) is 0 Å². The monoisotopic (exact) mass is 275 g/mol. The fraction of sp³-hybridized carbons (Fsp3) is 0.562. The van der Waals surface area contributed by atoms with Crippen molar-refractivity contribution in [1.29, 1.82) is 5.26 Å². The van der Waals surface area contributed by atoms with E-state index in [1.807, 2.05) is 18.2 Å². The van der Waals surface area contributed by atoms with Crippen molar-refractivity contribution >= 4 is 0 Å². The molecule has 0 aliphatic heterocycles. The smallest absolute Gasteiger partial charge is 0.136 e. The van der Waals surface area contributed by atoms with Gasteiger partial charge in [-0.3, -0.25) is 0 Å². The molecule has 1 rings (SSSR count). The van der Waals surface area contributed by atoms with Crippen LogP contribution in [0.1, 0.15) is 31.4 Å². The molecule has 1 atom stereocenters. The third-order valence-corrected chi connectivity index (χ3v) is 3.54. The van der Waals surface area contributed by atoms with Gasteiger partial charge < -0.3 is 15.4 Å². The van der Waals surface area contributed by atoms with Crippen molar-refractivity contribution in [3.63, 3.8) is 0 Å². The molecule has 0 bridgehead atoms. The molecule has 1 aromatic rings. The molecule has 2 N–H and O–H groups in total. The molecule has 0 aromatic heterocycles. The Balaban J connectivity index is 2.58. The second-order valence-electron chi connectivity index (χ2n) is 5.58. The number of nitrogens with zero attached hydrogens (tertiary/aromatic N) is 2. The molecule has 0 radical (unpaired) electrons. The number of ether oxygens (including phenoxy) is 1. The maximum atomic E-state index is 9.09. The van der Waals surface area contributed by atoms with Crippen molar-refractivity contribution in [1.82, 2.24) is 4.90 Å². The average Bonchev–Trinajstić information content (AvgIpc) is 2.44. The summed E-state index contributed by atoms with van der Waals surface area (Å²) in [5, 5.41) is 9.09. The SMILES string of the molecule is COc1ccc(CN(C)CCC(N)C(C)C)cc1C#N.